The van der Waals surface area contributed by atoms with E-state index in [0.717, 1.165) is 81.2 Å². The van der Waals surface area contributed by atoms with Crippen LogP contribution in [0.4, 0.5) is 9.59 Å². The number of carbonyl (C=O) groups excluding carboxylic acids is 3. The lowest BCUT2D eigenvalue weighted by Crippen LogP contribution is -2.54. The normalized spacial score (nSPS) is 25.0. The van der Waals surface area contributed by atoms with Crippen LogP contribution in [0, 0.1) is 17.8 Å². The Morgan fingerprint density at radius 3 is 2.43 bits per heavy atom. The first kappa shape index (κ1) is 44.1. The molecule has 4 aliphatic heterocycles. The average molecular weight is 889 g/mol. The first-order chi connectivity index (χ1) is 31.2. The van der Waals surface area contributed by atoms with Gasteiger partial charge in [0.25, 0.3) is 0 Å². The Hall–Kier alpha value is -6.16. The molecule has 344 valence electrons. The van der Waals surface area contributed by atoms with E-state index in [0.29, 0.717) is 37.6 Å². The number of aromatic nitrogens is 4. The van der Waals surface area contributed by atoms with Gasteiger partial charge in [-0.3, -0.25) is 9.59 Å². The molecule has 2 aromatic heterocycles. The first-order valence-electron chi connectivity index (χ1n) is 23.1. The zero-order valence-electron chi connectivity index (χ0n) is 38.1. The monoisotopic (exact) mass is 888 g/mol. The maximum absolute atomic E-state index is 14.5. The number of ether oxygens (including phenoxy) is 3. The molecular formula is C49H60N8O8. The molecule has 9 rings (SSSR count). The Bertz CT molecular complexity index is 2630. The molecule has 0 saturated carbocycles. The van der Waals surface area contributed by atoms with Gasteiger partial charge in [0.2, 0.25) is 11.8 Å². The van der Waals surface area contributed by atoms with Crippen molar-refractivity contribution in [2.24, 2.45) is 17.8 Å². The molecule has 5 aromatic rings. The molecule has 3 saturated heterocycles. The van der Waals surface area contributed by atoms with Crippen LogP contribution in [0.25, 0.3) is 44.2 Å². The van der Waals surface area contributed by atoms with Crippen LogP contribution < -0.4 is 15.4 Å². The maximum Gasteiger partial charge on any atom is 0.407 e. The zero-order chi connectivity index (χ0) is 45.8. The van der Waals surface area contributed by atoms with Crippen LogP contribution in [0.15, 0.2) is 48.7 Å². The number of methoxy groups -OCH3 is 1. The highest BCUT2D eigenvalue weighted by Gasteiger charge is 2.45. The van der Waals surface area contributed by atoms with Crippen LogP contribution >= 0.6 is 0 Å². The van der Waals surface area contributed by atoms with Crippen molar-refractivity contribution in [2.45, 2.75) is 129 Å². The third-order valence-electron chi connectivity index (χ3n) is 14.2. The number of hydrogen-bond acceptors (Lipinski definition) is 9. The summed E-state index contributed by atoms with van der Waals surface area (Å²) in [6, 6.07) is 12.4. The highest BCUT2D eigenvalue weighted by molar-refractivity contribution is 6.07. The second-order valence-electron chi connectivity index (χ2n) is 19.0. The van der Waals surface area contributed by atoms with Gasteiger partial charge >= 0.3 is 12.2 Å². The molecule has 4 aliphatic rings. The van der Waals surface area contributed by atoms with Crippen molar-refractivity contribution in [3.8, 4) is 28.1 Å². The van der Waals surface area contributed by atoms with Gasteiger partial charge in [-0.1, -0.05) is 45.4 Å². The zero-order valence-corrected chi connectivity index (χ0v) is 38.1. The molecule has 8 atom stereocenters. The fourth-order valence-electron chi connectivity index (χ4n) is 10.9. The van der Waals surface area contributed by atoms with Crippen LogP contribution in [0.2, 0.25) is 0 Å². The number of carboxylic acid groups (broad SMARTS) is 1. The standard InChI is InChI=1S/C49H60N8O8/c1-8-28-17-39(56(22-28)46(58)42(54-48(60)61)31-15-26(5)65-27(6)16-31)45-51-36-13-11-29-19-35-33-12-10-30(18-32(33)23-64-40(35)20-34(29)43(36)53-45)37-21-50-44(52-37)38-14-9-25(4)57(38)47(59)41(24(2)3)55-49(62)63-7/h10-13,18-21,24-28,31,38-39,41-42,54H,8-9,14-17,22-23H2,1-7H3,(H,50,52)(H,51,53)(H,55,62)(H,60,61)/t25-,26+,27+,28-,38-,39-,41-,42-/m0/s1. The molecule has 16 heteroatoms. The number of alkyl carbamates (subject to hydrolysis) is 1. The van der Waals surface area contributed by atoms with Gasteiger partial charge in [0, 0.05) is 23.5 Å². The topological polar surface area (TPSA) is 204 Å². The molecule has 3 aromatic carbocycles. The van der Waals surface area contributed by atoms with Crippen molar-refractivity contribution in [1.29, 1.82) is 0 Å². The summed E-state index contributed by atoms with van der Waals surface area (Å²) in [6.45, 7) is 12.8. The lowest BCUT2D eigenvalue weighted by atomic mass is 9.85. The van der Waals surface area contributed by atoms with E-state index in [2.05, 4.69) is 63.9 Å². The summed E-state index contributed by atoms with van der Waals surface area (Å²) in [5.41, 5.74) is 6.50. The van der Waals surface area contributed by atoms with Gasteiger partial charge in [-0.05, 0) is 117 Å². The van der Waals surface area contributed by atoms with Crippen molar-refractivity contribution >= 4 is 45.8 Å². The highest BCUT2D eigenvalue weighted by atomic mass is 16.5. The van der Waals surface area contributed by atoms with Gasteiger partial charge < -0.3 is 49.7 Å². The molecule has 0 unspecified atom stereocenters. The van der Waals surface area contributed by atoms with Gasteiger partial charge in [0.1, 0.15) is 36.1 Å². The maximum atomic E-state index is 14.5. The van der Waals surface area contributed by atoms with Crippen molar-refractivity contribution in [1.82, 2.24) is 40.4 Å². The second kappa shape index (κ2) is 17.7. The number of imidazole rings is 2. The Morgan fingerprint density at radius 2 is 1.71 bits per heavy atom. The molecule has 5 N–H and O–H groups in total. The van der Waals surface area contributed by atoms with Crippen LogP contribution in [0.3, 0.4) is 0 Å². The first-order valence-corrected chi connectivity index (χ1v) is 23.1. The summed E-state index contributed by atoms with van der Waals surface area (Å²) in [7, 11) is 1.29. The number of hydrogen-bond donors (Lipinski definition) is 5. The molecule has 0 aliphatic carbocycles. The van der Waals surface area contributed by atoms with Crippen molar-refractivity contribution < 1.29 is 38.5 Å². The van der Waals surface area contributed by atoms with Crippen molar-refractivity contribution in [3.63, 3.8) is 0 Å². The average Bonchev–Trinajstić information content (AvgIpc) is 4.11. The Morgan fingerprint density at radius 1 is 0.923 bits per heavy atom. The van der Waals surface area contributed by atoms with Crippen LogP contribution in [0.5, 0.6) is 5.75 Å². The van der Waals surface area contributed by atoms with E-state index in [4.69, 9.17) is 24.2 Å². The van der Waals surface area contributed by atoms with Crippen molar-refractivity contribution in [2.75, 3.05) is 13.7 Å². The molecule has 3 fully saturated rings. The van der Waals surface area contributed by atoms with Crippen LogP contribution in [0.1, 0.15) is 109 Å². The predicted molar refractivity (Wildman–Crippen MR) is 244 cm³/mol. The van der Waals surface area contributed by atoms with Crippen LogP contribution in [-0.2, 0) is 25.7 Å². The molecule has 4 amide bonds. The van der Waals surface area contributed by atoms with Gasteiger partial charge in [-0.2, -0.15) is 0 Å². The van der Waals surface area contributed by atoms with Gasteiger partial charge in [0.05, 0.1) is 54.3 Å². The SMILES string of the molecule is CC[C@H]1C[C@@H](c2nc3c(ccc4cc5c(cc43)OCc3cc(-c4cnc([C@@H]6CC[C@H](C)N6C(=O)[C@@H](NC(=O)OC)C(C)C)[nH]4)ccc3-5)[nH]2)N(C(=O)[C@@H](NC(=O)O)C2C[C@@H](C)O[C@H](C)C2)C1. The predicted octanol–water partition coefficient (Wildman–Crippen LogP) is 8.24. The third kappa shape index (κ3) is 8.36. The number of H-pyrrole nitrogens is 2. The quantitative estimate of drug-likeness (QED) is 0.0909. The van der Waals surface area contributed by atoms with Gasteiger partial charge in [-0.25, -0.2) is 19.6 Å². The lowest BCUT2D eigenvalue weighted by molar-refractivity contribution is -0.139. The van der Waals surface area contributed by atoms with E-state index < -0.39 is 24.3 Å². The molecule has 0 bridgehead atoms. The van der Waals surface area contributed by atoms with E-state index >= 15 is 0 Å². The van der Waals surface area contributed by atoms with E-state index in [1.165, 1.54) is 7.11 Å². The molecule has 0 radical (unpaired) electrons. The highest BCUT2D eigenvalue weighted by Crippen LogP contribution is 2.44. The smallest absolute Gasteiger partial charge is 0.407 e. The van der Waals surface area contributed by atoms with Gasteiger partial charge in [0.15, 0.2) is 0 Å². The third-order valence-corrected chi connectivity index (χ3v) is 14.2. The second-order valence-corrected chi connectivity index (χ2v) is 19.0. The largest absolute Gasteiger partial charge is 0.488 e. The number of aromatic amines is 2. The minimum atomic E-state index is -1.21. The minimum absolute atomic E-state index is 0.0230. The minimum Gasteiger partial charge on any atom is -0.488 e. The fraction of sp³-hybridized carbons (Fsp3) is 0.510. The molecular weight excluding hydrogens is 829 g/mol. The molecule has 6 heterocycles. The van der Waals surface area contributed by atoms with E-state index in [1.54, 1.807) is 0 Å². The summed E-state index contributed by atoms with van der Waals surface area (Å²) in [4.78, 5) is 73.3. The van der Waals surface area contributed by atoms with Gasteiger partial charge in [-0.15, -0.1) is 0 Å². The summed E-state index contributed by atoms with van der Waals surface area (Å²) in [6.07, 6.45) is 4.19. The van der Waals surface area contributed by atoms with E-state index in [9.17, 15) is 24.3 Å². The number of rotatable bonds is 10. The number of nitrogens with one attached hydrogen (secondary N) is 4. The summed E-state index contributed by atoms with van der Waals surface area (Å²) < 4.78 is 17.2. The van der Waals surface area contributed by atoms with E-state index in [1.807, 2.05) is 56.7 Å². The van der Waals surface area contributed by atoms with Crippen LogP contribution in [-0.4, -0.2) is 103 Å². The molecule has 65 heavy (non-hydrogen) atoms. The Kier molecular flexibility index (Phi) is 12.0. The number of fused-ring (bicyclic) bond motifs is 6. The molecule has 16 nitrogen and oxygen atoms in total. The van der Waals surface area contributed by atoms with Crippen molar-refractivity contribution in [3.05, 3.63) is 65.9 Å². The Balaban J connectivity index is 0.970. The summed E-state index contributed by atoms with van der Waals surface area (Å²) >= 11 is 0. The fourth-order valence-corrected chi connectivity index (χ4v) is 10.9. The molecule has 0 spiro atoms. The number of nitrogens with zero attached hydrogens (tertiary/aromatic N) is 4. The number of amides is 4. The number of likely N-dealkylation sites (tertiary alicyclic amines) is 2. The number of carbonyl (C=O) groups is 4. The number of benzene rings is 3. The summed E-state index contributed by atoms with van der Waals surface area (Å²) in [5.74, 6) is 1.71. The Labute approximate surface area is 378 Å². The summed E-state index contributed by atoms with van der Waals surface area (Å²) in [5, 5.41) is 17.1. The van der Waals surface area contributed by atoms with E-state index in [-0.39, 0.29) is 59.9 Å². The lowest BCUT2D eigenvalue weighted by Gasteiger charge is -2.38.